The van der Waals surface area contributed by atoms with Crippen molar-refractivity contribution in [2.75, 3.05) is 13.1 Å². The summed E-state index contributed by atoms with van der Waals surface area (Å²) in [5.41, 5.74) is 3.99. The molecule has 1 saturated carbocycles. The molecule has 128 valence electrons. The Kier molecular flexibility index (Phi) is 4.59. The van der Waals surface area contributed by atoms with Crippen LogP contribution in [0.5, 0.6) is 0 Å². The number of nitrogens with zero attached hydrogens (tertiary/aromatic N) is 1. The normalized spacial score (nSPS) is 19.2. The number of benzene rings is 1. The third-order valence-corrected chi connectivity index (χ3v) is 6.01. The molecule has 1 aromatic carbocycles. The van der Waals surface area contributed by atoms with Crippen LogP contribution in [0.25, 0.3) is 10.9 Å². The summed E-state index contributed by atoms with van der Waals surface area (Å²) in [6.07, 6.45) is 10.6. The van der Waals surface area contributed by atoms with Crippen LogP contribution in [0.15, 0.2) is 24.3 Å². The topological polar surface area (TPSA) is 36.1 Å². The average Bonchev–Trinajstić information content (AvgIpc) is 2.85. The molecule has 0 saturated heterocycles. The van der Waals surface area contributed by atoms with Crippen molar-refractivity contribution >= 4 is 16.8 Å². The Hall–Kier alpha value is -1.77. The molecule has 0 spiro atoms. The lowest BCUT2D eigenvalue weighted by molar-refractivity contribution is -0.131. The van der Waals surface area contributed by atoms with Crippen molar-refractivity contribution in [1.29, 1.82) is 0 Å². The van der Waals surface area contributed by atoms with Crippen LogP contribution in [0.3, 0.4) is 0 Å². The summed E-state index contributed by atoms with van der Waals surface area (Å²) in [5, 5.41) is 1.34. The molecule has 0 radical (unpaired) electrons. The Morgan fingerprint density at radius 2 is 1.88 bits per heavy atom. The van der Waals surface area contributed by atoms with E-state index in [4.69, 9.17) is 0 Å². The van der Waals surface area contributed by atoms with E-state index in [-0.39, 0.29) is 0 Å². The summed E-state index contributed by atoms with van der Waals surface area (Å²) in [6.45, 7) is 1.74. The van der Waals surface area contributed by atoms with Gasteiger partial charge in [-0.05, 0) is 30.4 Å². The zero-order valence-corrected chi connectivity index (χ0v) is 14.5. The first-order valence-corrected chi connectivity index (χ1v) is 9.67. The summed E-state index contributed by atoms with van der Waals surface area (Å²) in [4.78, 5) is 18.3. The number of hydrogen-bond acceptors (Lipinski definition) is 1. The van der Waals surface area contributed by atoms with Gasteiger partial charge < -0.3 is 9.88 Å². The highest BCUT2D eigenvalue weighted by molar-refractivity contribution is 5.85. The van der Waals surface area contributed by atoms with Gasteiger partial charge in [-0.3, -0.25) is 4.79 Å². The van der Waals surface area contributed by atoms with Crippen molar-refractivity contribution in [2.24, 2.45) is 5.92 Å². The highest BCUT2D eigenvalue weighted by Gasteiger charge is 2.22. The van der Waals surface area contributed by atoms with Crippen molar-refractivity contribution in [3.8, 4) is 0 Å². The molecule has 2 heterocycles. The van der Waals surface area contributed by atoms with Crippen LogP contribution >= 0.6 is 0 Å². The van der Waals surface area contributed by atoms with E-state index in [0.29, 0.717) is 5.91 Å². The maximum Gasteiger partial charge on any atom is 0.222 e. The van der Waals surface area contributed by atoms with E-state index < -0.39 is 0 Å². The highest BCUT2D eigenvalue weighted by atomic mass is 16.2. The minimum Gasteiger partial charge on any atom is -0.358 e. The number of hydrogen-bond donors (Lipinski definition) is 1. The number of carbonyl (C=O) groups is 1. The van der Waals surface area contributed by atoms with Crippen LogP contribution in [0.4, 0.5) is 0 Å². The van der Waals surface area contributed by atoms with Crippen LogP contribution in [0, 0.1) is 5.92 Å². The summed E-state index contributed by atoms with van der Waals surface area (Å²) < 4.78 is 0. The van der Waals surface area contributed by atoms with Gasteiger partial charge in [-0.15, -0.1) is 0 Å². The Bertz CT molecular complexity index is 712. The third kappa shape index (κ3) is 3.22. The van der Waals surface area contributed by atoms with Crippen molar-refractivity contribution in [1.82, 2.24) is 9.88 Å². The van der Waals surface area contributed by atoms with Crippen LogP contribution in [0.1, 0.15) is 56.2 Å². The molecule has 0 unspecified atom stereocenters. The molecule has 2 aromatic rings. The Morgan fingerprint density at radius 1 is 1.08 bits per heavy atom. The number of para-hydroxylation sites is 1. The number of amides is 1. The molecule has 1 N–H and O–H groups in total. The van der Waals surface area contributed by atoms with Gasteiger partial charge >= 0.3 is 0 Å². The van der Waals surface area contributed by atoms with Crippen LogP contribution in [-0.2, 0) is 17.6 Å². The molecule has 1 aliphatic heterocycles. The quantitative estimate of drug-likeness (QED) is 0.889. The summed E-state index contributed by atoms with van der Waals surface area (Å²) in [5.74, 6) is 1.17. The first kappa shape index (κ1) is 15.7. The van der Waals surface area contributed by atoms with Gasteiger partial charge in [-0.2, -0.15) is 0 Å². The Labute approximate surface area is 144 Å². The van der Waals surface area contributed by atoms with E-state index in [1.807, 2.05) is 0 Å². The third-order valence-electron chi connectivity index (χ3n) is 6.01. The molecule has 1 amide bonds. The van der Waals surface area contributed by atoms with Crippen molar-refractivity contribution < 1.29 is 4.79 Å². The van der Waals surface area contributed by atoms with Crippen LogP contribution < -0.4 is 0 Å². The van der Waals surface area contributed by atoms with Crippen molar-refractivity contribution in [2.45, 2.75) is 57.8 Å². The van der Waals surface area contributed by atoms with E-state index in [9.17, 15) is 4.79 Å². The van der Waals surface area contributed by atoms with E-state index >= 15 is 0 Å². The maximum atomic E-state index is 12.6. The second-order valence-electron chi connectivity index (χ2n) is 7.55. The molecule has 2 aliphatic rings. The van der Waals surface area contributed by atoms with E-state index in [0.717, 1.165) is 44.7 Å². The molecule has 3 heteroatoms. The van der Waals surface area contributed by atoms with Gasteiger partial charge in [-0.25, -0.2) is 0 Å². The second kappa shape index (κ2) is 7.00. The van der Waals surface area contributed by atoms with Gasteiger partial charge in [0.1, 0.15) is 0 Å². The maximum absolute atomic E-state index is 12.6. The lowest BCUT2D eigenvalue weighted by Crippen LogP contribution is -2.33. The SMILES string of the molecule is O=C(CCC1CCCCC1)N1CCc2[nH]c3ccccc3c2CC1. The molecule has 3 nitrogen and oxygen atoms in total. The Morgan fingerprint density at radius 3 is 2.75 bits per heavy atom. The molecule has 1 fully saturated rings. The van der Waals surface area contributed by atoms with Crippen molar-refractivity contribution in [3.63, 3.8) is 0 Å². The van der Waals surface area contributed by atoms with Gasteiger partial charge in [-0.1, -0.05) is 50.3 Å². The minimum atomic E-state index is 0.370. The van der Waals surface area contributed by atoms with E-state index in [1.165, 1.54) is 54.3 Å². The van der Waals surface area contributed by atoms with E-state index in [2.05, 4.69) is 34.1 Å². The Balaban J connectivity index is 1.37. The first-order valence-electron chi connectivity index (χ1n) is 9.67. The molecule has 24 heavy (non-hydrogen) atoms. The largest absolute Gasteiger partial charge is 0.358 e. The molecule has 1 aliphatic carbocycles. The smallest absolute Gasteiger partial charge is 0.222 e. The average molecular weight is 324 g/mol. The van der Waals surface area contributed by atoms with Gasteiger partial charge in [0.2, 0.25) is 5.91 Å². The number of fused-ring (bicyclic) bond motifs is 3. The number of carbonyl (C=O) groups excluding carboxylic acids is 1. The number of rotatable bonds is 3. The minimum absolute atomic E-state index is 0.370. The lowest BCUT2D eigenvalue weighted by Gasteiger charge is -2.24. The van der Waals surface area contributed by atoms with Crippen LogP contribution in [-0.4, -0.2) is 28.9 Å². The summed E-state index contributed by atoms with van der Waals surface area (Å²) in [7, 11) is 0. The highest BCUT2D eigenvalue weighted by Crippen LogP contribution is 2.28. The fraction of sp³-hybridized carbons (Fsp3) is 0.571. The predicted octanol–water partition coefficient (Wildman–Crippen LogP) is 4.46. The number of aromatic nitrogens is 1. The van der Waals surface area contributed by atoms with Crippen LogP contribution in [0.2, 0.25) is 0 Å². The summed E-state index contributed by atoms with van der Waals surface area (Å²) >= 11 is 0. The predicted molar refractivity (Wildman–Crippen MR) is 98.1 cm³/mol. The standard InChI is InChI=1S/C21H28N2O/c24-21(11-10-16-6-2-1-3-7-16)23-14-12-18-17-8-4-5-9-19(17)22-20(18)13-15-23/h4-5,8-9,16,22H,1-3,6-7,10-15H2. The van der Waals surface area contributed by atoms with Gasteiger partial charge in [0.25, 0.3) is 0 Å². The van der Waals surface area contributed by atoms with Gasteiger partial charge in [0.05, 0.1) is 0 Å². The molecular formula is C21H28N2O. The zero-order valence-electron chi connectivity index (χ0n) is 14.5. The van der Waals surface area contributed by atoms with Gasteiger partial charge in [0, 0.05) is 42.5 Å². The van der Waals surface area contributed by atoms with Crippen molar-refractivity contribution in [3.05, 3.63) is 35.5 Å². The number of H-pyrrole nitrogens is 1. The second-order valence-corrected chi connectivity index (χ2v) is 7.55. The van der Waals surface area contributed by atoms with E-state index in [1.54, 1.807) is 0 Å². The van der Waals surface area contributed by atoms with Gasteiger partial charge in [0.15, 0.2) is 0 Å². The molecule has 0 bridgehead atoms. The molecule has 0 atom stereocenters. The monoisotopic (exact) mass is 324 g/mol. The summed E-state index contributed by atoms with van der Waals surface area (Å²) in [6, 6.07) is 8.54. The first-order chi connectivity index (χ1) is 11.8. The number of nitrogens with one attached hydrogen (secondary N) is 1. The molecular weight excluding hydrogens is 296 g/mol. The molecule has 1 aromatic heterocycles. The molecule has 4 rings (SSSR count). The zero-order chi connectivity index (χ0) is 16.4. The fourth-order valence-corrected chi connectivity index (χ4v) is 4.57. The lowest BCUT2D eigenvalue weighted by atomic mass is 9.86. The number of aromatic amines is 1. The fourth-order valence-electron chi connectivity index (χ4n) is 4.57.